The zero-order valence-electron chi connectivity index (χ0n) is 10.2. The van der Waals surface area contributed by atoms with E-state index in [1.807, 2.05) is 6.92 Å². The molecular formula is C12H15Cl2FN2O. The summed E-state index contributed by atoms with van der Waals surface area (Å²) in [7, 11) is 0. The third-order valence-electron chi connectivity index (χ3n) is 3.02. The molecule has 1 aromatic carbocycles. The van der Waals surface area contributed by atoms with Crippen LogP contribution < -0.4 is 11.1 Å². The quantitative estimate of drug-likeness (QED) is 0.893. The van der Waals surface area contributed by atoms with Gasteiger partial charge < -0.3 is 11.1 Å². The summed E-state index contributed by atoms with van der Waals surface area (Å²) in [5.74, 6) is -0.844. The van der Waals surface area contributed by atoms with Crippen LogP contribution in [0.15, 0.2) is 12.1 Å². The molecular weight excluding hydrogens is 278 g/mol. The molecule has 18 heavy (non-hydrogen) atoms. The van der Waals surface area contributed by atoms with Crippen molar-refractivity contribution < 1.29 is 9.18 Å². The van der Waals surface area contributed by atoms with Gasteiger partial charge in [-0.2, -0.15) is 0 Å². The smallest absolute Gasteiger partial charge is 0.231 e. The van der Waals surface area contributed by atoms with E-state index in [-0.39, 0.29) is 28.2 Å². The van der Waals surface area contributed by atoms with E-state index in [1.54, 1.807) is 6.92 Å². The molecule has 0 bridgehead atoms. The number of halogens is 3. The number of carbonyl (C=O) groups excluding carboxylic acids is 1. The standard InChI is InChI=1S/C12H15Cl2FN2O/c1-3-12(2,6-16)11(18)17-10-8(13)4-7(15)5-9(10)14/h4-5H,3,6,16H2,1-2H3,(H,17,18). The summed E-state index contributed by atoms with van der Waals surface area (Å²) >= 11 is 11.7. The second kappa shape index (κ2) is 5.87. The fourth-order valence-corrected chi connectivity index (χ4v) is 1.88. The van der Waals surface area contributed by atoms with Crippen LogP contribution in [0.3, 0.4) is 0 Å². The number of hydrogen-bond donors (Lipinski definition) is 2. The van der Waals surface area contributed by atoms with Crippen LogP contribution in [0.2, 0.25) is 10.0 Å². The average Bonchev–Trinajstić information content (AvgIpc) is 2.32. The maximum absolute atomic E-state index is 13.0. The summed E-state index contributed by atoms with van der Waals surface area (Å²) in [4.78, 5) is 12.1. The van der Waals surface area contributed by atoms with Crippen molar-refractivity contribution in [2.45, 2.75) is 20.3 Å². The molecule has 3 N–H and O–H groups in total. The van der Waals surface area contributed by atoms with Crippen LogP contribution in [-0.2, 0) is 4.79 Å². The lowest BCUT2D eigenvalue weighted by atomic mass is 9.86. The highest BCUT2D eigenvalue weighted by atomic mass is 35.5. The lowest BCUT2D eigenvalue weighted by Crippen LogP contribution is -2.39. The molecule has 1 unspecified atom stereocenters. The van der Waals surface area contributed by atoms with Gasteiger partial charge in [-0.25, -0.2) is 4.39 Å². The van der Waals surface area contributed by atoms with Crippen LogP contribution in [0.4, 0.5) is 10.1 Å². The van der Waals surface area contributed by atoms with Crippen LogP contribution in [-0.4, -0.2) is 12.5 Å². The number of amides is 1. The summed E-state index contributed by atoms with van der Waals surface area (Å²) in [5, 5.41) is 2.72. The molecule has 100 valence electrons. The van der Waals surface area contributed by atoms with Crippen molar-refractivity contribution in [2.24, 2.45) is 11.1 Å². The van der Waals surface area contributed by atoms with Crippen molar-refractivity contribution in [2.75, 3.05) is 11.9 Å². The van der Waals surface area contributed by atoms with Gasteiger partial charge in [0, 0.05) is 6.54 Å². The van der Waals surface area contributed by atoms with E-state index in [4.69, 9.17) is 28.9 Å². The van der Waals surface area contributed by atoms with Crippen LogP contribution in [0.25, 0.3) is 0 Å². The predicted octanol–water partition coefficient (Wildman–Crippen LogP) is 3.45. The number of carbonyl (C=O) groups is 1. The zero-order valence-corrected chi connectivity index (χ0v) is 11.7. The van der Waals surface area contributed by atoms with Crippen LogP contribution in [0, 0.1) is 11.2 Å². The first kappa shape index (κ1) is 15.2. The number of benzene rings is 1. The molecule has 0 heterocycles. The molecule has 0 aliphatic heterocycles. The van der Waals surface area contributed by atoms with Gasteiger partial charge in [-0.1, -0.05) is 30.1 Å². The Bertz CT molecular complexity index is 438. The fraction of sp³-hybridized carbons (Fsp3) is 0.417. The molecule has 0 spiro atoms. The molecule has 0 aliphatic rings. The summed E-state index contributed by atoms with van der Waals surface area (Å²) < 4.78 is 13.0. The van der Waals surface area contributed by atoms with E-state index in [9.17, 15) is 9.18 Å². The second-order valence-electron chi connectivity index (χ2n) is 4.32. The lowest BCUT2D eigenvalue weighted by Gasteiger charge is -2.25. The largest absolute Gasteiger partial charge is 0.329 e. The monoisotopic (exact) mass is 292 g/mol. The summed E-state index contributed by atoms with van der Waals surface area (Å²) in [6, 6.07) is 2.18. The first-order chi connectivity index (χ1) is 8.34. The van der Waals surface area contributed by atoms with Gasteiger partial charge in [0.25, 0.3) is 0 Å². The minimum atomic E-state index is -0.707. The van der Waals surface area contributed by atoms with Crippen molar-refractivity contribution in [1.29, 1.82) is 0 Å². The molecule has 1 aromatic rings. The Hall–Kier alpha value is -0.840. The van der Waals surface area contributed by atoms with Crippen molar-refractivity contribution in [3.05, 3.63) is 28.0 Å². The average molecular weight is 293 g/mol. The molecule has 0 aromatic heterocycles. The summed E-state index contributed by atoms with van der Waals surface area (Å²) in [5.41, 5.74) is 5.08. The highest BCUT2D eigenvalue weighted by Gasteiger charge is 2.30. The summed E-state index contributed by atoms with van der Waals surface area (Å²) in [6.07, 6.45) is 0.575. The Morgan fingerprint density at radius 2 is 1.94 bits per heavy atom. The number of nitrogens with two attached hydrogens (primary N) is 1. The molecule has 0 aliphatic carbocycles. The Labute approximate surface area is 115 Å². The van der Waals surface area contributed by atoms with E-state index in [0.717, 1.165) is 12.1 Å². The molecule has 1 atom stereocenters. The molecule has 6 heteroatoms. The van der Waals surface area contributed by atoms with Crippen molar-refractivity contribution >= 4 is 34.8 Å². The van der Waals surface area contributed by atoms with Crippen molar-refractivity contribution in [3.63, 3.8) is 0 Å². The molecule has 0 saturated carbocycles. The molecule has 0 radical (unpaired) electrons. The van der Waals surface area contributed by atoms with E-state index in [1.165, 1.54) is 0 Å². The van der Waals surface area contributed by atoms with Gasteiger partial charge in [-0.15, -0.1) is 0 Å². The maximum Gasteiger partial charge on any atom is 0.231 e. The van der Waals surface area contributed by atoms with Crippen molar-refractivity contribution in [3.8, 4) is 0 Å². The first-order valence-corrected chi connectivity index (χ1v) is 6.25. The predicted molar refractivity (Wildman–Crippen MR) is 72.5 cm³/mol. The maximum atomic E-state index is 13.0. The minimum absolute atomic E-state index is 0.0591. The Balaban J connectivity index is 3.02. The van der Waals surface area contributed by atoms with E-state index < -0.39 is 11.2 Å². The minimum Gasteiger partial charge on any atom is -0.329 e. The number of anilines is 1. The van der Waals surface area contributed by atoms with Gasteiger partial charge in [-0.3, -0.25) is 4.79 Å². The topological polar surface area (TPSA) is 55.1 Å². The first-order valence-electron chi connectivity index (χ1n) is 5.50. The Kier molecular flexibility index (Phi) is 4.96. The highest BCUT2D eigenvalue weighted by molar-refractivity contribution is 6.39. The molecule has 0 saturated heterocycles. The van der Waals surface area contributed by atoms with Crippen LogP contribution in [0.1, 0.15) is 20.3 Å². The van der Waals surface area contributed by atoms with Gasteiger partial charge in [0.05, 0.1) is 21.1 Å². The normalized spacial score (nSPS) is 14.1. The van der Waals surface area contributed by atoms with Crippen molar-refractivity contribution in [1.82, 2.24) is 0 Å². The third-order valence-corrected chi connectivity index (χ3v) is 3.62. The van der Waals surface area contributed by atoms with E-state index in [0.29, 0.717) is 6.42 Å². The van der Waals surface area contributed by atoms with E-state index in [2.05, 4.69) is 5.32 Å². The third kappa shape index (κ3) is 3.13. The molecule has 1 amide bonds. The van der Waals surface area contributed by atoms with Gasteiger partial charge in [0.1, 0.15) is 5.82 Å². The lowest BCUT2D eigenvalue weighted by molar-refractivity contribution is -0.124. The van der Waals surface area contributed by atoms with E-state index >= 15 is 0 Å². The van der Waals surface area contributed by atoms with Gasteiger partial charge in [-0.05, 0) is 25.5 Å². The molecule has 0 fully saturated rings. The van der Waals surface area contributed by atoms with Gasteiger partial charge in [0.15, 0.2) is 0 Å². The Morgan fingerprint density at radius 3 is 2.33 bits per heavy atom. The van der Waals surface area contributed by atoms with Gasteiger partial charge >= 0.3 is 0 Å². The fourth-order valence-electron chi connectivity index (χ4n) is 1.32. The number of rotatable bonds is 4. The van der Waals surface area contributed by atoms with Crippen LogP contribution >= 0.6 is 23.2 Å². The summed E-state index contributed by atoms with van der Waals surface area (Å²) in [6.45, 7) is 3.81. The zero-order chi connectivity index (χ0) is 13.9. The molecule has 3 nitrogen and oxygen atoms in total. The second-order valence-corrected chi connectivity index (χ2v) is 5.13. The SMILES string of the molecule is CCC(C)(CN)C(=O)Nc1c(Cl)cc(F)cc1Cl. The Morgan fingerprint density at radius 1 is 1.44 bits per heavy atom. The number of nitrogens with one attached hydrogen (secondary N) is 1. The van der Waals surface area contributed by atoms with Crippen LogP contribution in [0.5, 0.6) is 0 Å². The number of hydrogen-bond acceptors (Lipinski definition) is 2. The highest BCUT2D eigenvalue weighted by Crippen LogP contribution is 2.33. The van der Waals surface area contributed by atoms with Gasteiger partial charge in [0.2, 0.25) is 5.91 Å². The molecule has 1 rings (SSSR count).